The third kappa shape index (κ3) is 6.64. The van der Waals surface area contributed by atoms with Gasteiger partial charge >= 0.3 is 5.97 Å². The van der Waals surface area contributed by atoms with E-state index < -0.39 is 5.97 Å². The zero-order valence-electron chi connectivity index (χ0n) is 10.9. The van der Waals surface area contributed by atoms with Crippen LogP contribution in [0.1, 0.15) is 45.4 Å². The fraction of sp³-hybridized carbons (Fsp3) is 0.923. The average molecular weight is 243 g/mol. The molecule has 1 aliphatic heterocycles. The first kappa shape index (κ1) is 14.5. The summed E-state index contributed by atoms with van der Waals surface area (Å²) in [5.74, 6) is -0.710. The van der Waals surface area contributed by atoms with Crippen LogP contribution < -0.4 is 0 Å². The number of carboxylic acid groups (broad SMARTS) is 1. The molecule has 1 N–H and O–H groups in total. The SMILES string of the molecule is CCCCCN(CCC(=O)O)CC1CCCO1. The summed E-state index contributed by atoms with van der Waals surface area (Å²) >= 11 is 0. The van der Waals surface area contributed by atoms with Crippen LogP contribution in [0.4, 0.5) is 0 Å². The van der Waals surface area contributed by atoms with Crippen molar-refractivity contribution in [3.05, 3.63) is 0 Å². The van der Waals surface area contributed by atoms with Crippen molar-refractivity contribution < 1.29 is 14.6 Å². The number of carbonyl (C=O) groups is 1. The zero-order valence-corrected chi connectivity index (χ0v) is 10.9. The lowest BCUT2D eigenvalue weighted by atomic mass is 10.2. The van der Waals surface area contributed by atoms with Gasteiger partial charge in [-0.25, -0.2) is 0 Å². The van der Waals surface area contributed by atoms with Gasteiger partial charge in [0.15, 0.2) is 0 Å². The number of hydrogen-bond donors (Lipinski definition) is 1. The van der Waals surface area contributed by atoms with Crippen LogP contribution in [0.3, 0.4) is 0 Å². The number of carboxylic acids is 1. The Morgan fingerprint density at radius 3 is 2.82 bits per heavy atom. The van der Waals surface area contributed by atoms with Crippen LogP contribution >= 0.6 is 0 Å². The first-order valence-electron chi connectivity index (χ1n) is 6.78. The van der Waals surface area contributed by atoms with Crippen molar-refractivity contribution in [2.45, 2.75) is 51.6 Å². The van der Waals surface area contributed by atoms with Gasteiger partial charge in [-0.2, -0.15) is 0 Å². The predicted molar refractivity (Wildman–Crippen MR) is 67.2 cm³/mol. The topological polar surface area (TPSA) is 49.8 Å². The van der Waals surface area contributed by atoms with Crippen LogP contribution in [0.5, 0.6) is 0 Å². The Balaban J connectivity index is 2.25. The Hall–Kier alpha value is -0.610. The highest BCUT2D eigenvalue weighted by atomic mass is 16.5. The maximum Gasteiger partial charge on any atom is 0.304 e. The van der Waals surface area contributed by atoms with Gasteiger partial charge in [0, 0.05) is 19.7 Å². The van der Waals surface area contributed by atoms with Crippen LogP contribution in [0.15, 0.2) is 0 Å². The summed E-state index contributed by atoms with van der Waals surface area (Å²) in [4.78, 5) is 12.9. The Morgan fingerprint density at radius 1 is 1.41 bits per heavy atom. The lowest BCUT2D eigenvalue weighted by molar-refractivity contribution is -0.137. The fourth-order valence-electron chi connectivity index (χ4n) is 2.21. The monoisotopic (exact) mass is 243 g/mol. The molecule has 0 bridgehead atoms. The van der Waals surface area contributed by atoms with Crippen molar-refractivity contribution in [1.29, 1.82) is 0 Å². The number of aliphatic carboxylic acids is 1. The summed E-state index contributed by atoms with van der Waals surface area (Å²) in [6.45, 7) is 5.60. The van der Waals surface area contributed by atoms with Crippen molar-refractivity contribution in [1.82, 2.24) is 4.90 Å². The van der Waals surface area contributed by atoms with Gasteiger partial charge in [-0.1, -0.05) is 19.8 Å². The summed E-state index contributed by atoms with van der Waals surface area (Å²) in [5.41, 5.74) is 0. The van der Waals surface area contributed by atoms with Crippen molar-refractivity contribution in [2.24, 2.45) is 0 Å². The van der Waals surface area contributed by atoms with Crippen molar-refractivity contribution in [3.8, 4) is 0 Å². The molecule has 0 spiro atoms. The molecule has 0 amide bonds. The van der Waals surface area contributed by atoms with E-state index in [2.05, 4.69) is 11.8 Å². The highest BCUT2D eigenvalue weighted by Crippen LogP contribution is 2.14. The predicted octanol–water partition coefficient (Wildman–Crippen LogP) is 2.13. The number of ether oxygens (including phenoxy) is 1. The molecule has 0 aromatic carbocycles. The molecule has 0 radical (unpaired) electrons. The second-order valence-corrected chi connectivity index (χ2v) is 4.79. The summed E-state index contributed by atoms with van der Waals surface area (Å²) in [6.07, 6.45) is 6.40. The lowest BCUT2D eigenvalue weighted by Crippen LogP contribution is -2.34. The molecule has 4 heteroatoms. The highest BCUT2D eigenvalue weighted by molar-refractivity contribution is 5.66. The number of unbranched alkanes of at least 4 members (excludes halogenated alkanes) is 2. The standard InChI is InChI=1S/C13H25NO3/c1-2-3-4-8-14(9-7-13(15)16)11-12-6-5-10-17-12/h12H,2-11H2,1H3,(H,15,16). The second-order valence-electron chi connectivity index (χ2n) is 4.79. The van der Waals surface area contributed by atoms with Gasteiger partial charge in [0.05, 0.1) is 12.5 Å². The van der Waals surface area contributed by atoms with Gasteiger partial charge in [0.2, 0.25) is 0 Å². The zero-order chi connectivity index (χ0) is 12.5. The molecule has 0 aliphatic carbocycles. The average Bonchev–Trinajstić information content (AvgIpc) is 2.78. The molecule has 1 rings (SSSR count). The van der Waals surface area contributed by atoms with Gasteiger partial charge in [-0.15, -0.1) is 0 Å². The fourth-order valence-corrected chi connectivity index (χ4v) is 2.21. The van der Waals surface area contributed by atoms with Gasteiger partial charge in [0.1, 0.15) is 0 Å². The third-order valence-corrected chi connectivity index (χ3v) is 3.21. The summed E-state index contributed by atoms with van der Waals surface area (Å²) in [7, 11) is 0. The van der Waals surface area contributed by atoms with Crippen molar-refractivity contribution in [2.75, 3.05) is 26.2 Å². The summed E-state index contributed by atoms with van der Waals surface area (Å²) in [5, 5.41) is 8.74. The maximum atomic E-state index is 10.6. The maximum absolute atomic E-state index is 10.6. The van der Waals surface area contributed by atoms with Gasteiger partial charge in [-0.05, 0) is 25.8 Å². The van der Waals surface area contributed by atoms with E-state index in [1.54, 1.807) is 0 Å². The van der Waals surface area contributed by atoms with Crippen molar-refractivity contribution >= 4 is 5.97 Å². The van der Waals surface area contributed by atoms with E-state index in [9.17, 15) is 4.79 Å². The van der Waals surface area contributed by atoms with Gasteiger partial charge in [0.25, 0.3) is 0 Å². The molecule has 1 aliphatic rings. The first-order chi connectivity index (χ1) is 8.22. The molecule has 1 fully saturated rings. The molecule has 0 aromatic heterocycles. The molecule has 1 heterocycles. The van der Waals surface area contributed by atoms with Crippen LogP contribution in [0, 0.1) is 0 Å². The number of hydrogen-bond acceptors (Lipinski definition) is 3. The molecule has 100 valence electrons. The molecule has 1 unspecified atom stereocenters. The first-order valence-corrected chi connectivity index (χ1v) is 6.78. The molecular weight excluding hydrogens is 218 g/mol. The Morgan fingerprint density at radius 2 is 2.24 bits per heavy atom. The quantitative estimate of drug-likeness (QED) is 0.630. The van der Waals surface area contributed by atoms with E-state index in [0.717, 1.165) is 39.0 Å². The minimum atomic E-state index is -0.710. The Bertz CT molecular complexity index is 215. The van der Waals surface area contributed by atoms with Crippen LogP contribution in [-0.2, 0) is 9.53 Å². The summed E-state index contributed by atoms with van der Waals surface area (Å²) < 4.78 is 5.61. The smallest absolute Gasteiger partial charge is 0.304 e. The van der Waals surface area contributed by atoms with Crippen molar-refractivity contribution in [3.63, 3.8) is 0 Å². The third-order valence-electron chi connectivity index (χ3n) is 3.21. The number of rotatable bonds is 9. The van der Waals surface area contributed by atoms with E-state index in [-0.39, 0.29) is 6.42 Å². The van der Waals surface area contributed by atoms with E-state index in [1.165, 1.54) is 12.8 Å². The van der Waals surface area contributed by atoms with Gasteiger partial charge in [-0.3, -0.25) is 4.79 Å². The van der Waals surface area contributed by atoms with Crippen LogP contribution in [-0.4, -0.2) is 48.3 Å². The molecule has 17 heavy (non-hydrogen) atoms. The van der Waals surface area contributed by atoms with E-state index >= 15 is 0 Å². The normalized spacial score (nSPS) is 20.0. The largest absolute Gasteiger partial charge is 0.481 e. The molecule has 4 nitrogen and oxygen atoms in total. The summed E-state index contributed by atoms with van der Waals surface area (Å²) in [6, 6.07) is 0. The Labute approximate surface area is 104 Å². The number of nitrogens with zero attached hydrogens (tertiary/aromatic N) is 1. The molecular formula is C13H25NO3. The van der Waals surface area contributed by atoms with Crippen LogP contribution in [0.25, 0.3) is 0 Å². The van der Waals surface area contributed by atoms with Gasteiger partial charge < -0.3 is 14.7 Å². The van der Waals surface area contributed by atoms with Crippen LogP contribution in [0.2, 0.25) is 0 Å². The van der Waals surface area contributed by atoms with E-state index in [4.69, 9.17) is 9.84 Å². The van der Waals surface area contributed by atoms with E-state index in [1.807, 2.05) is 0 Å². The second kappa shape index (κ2) is 8.48. The molecule has 0 saturated carbocycles. The molecule has 1 saturated heterocycles. The molecule has 0 aromatic rings. The minimum absolute atomic E-state index is 0.235. The highest BCUT2D eigenvalue weighted by Gasteiger charge is 2.19. The molecule has 1 atom stereocenters. The lowest BCUT2D eigenvalue weighted by Gasteiger charge is -2.24. The Kier molecular flexibility index (Phi) is 7.21. The van der Waals surface area contributed by atoms with E-state index in [0.29, 0.717) is 12.6 Å². The minimum Gasteiger partial charge on any atom is -0.481 e.